The van der Waals surface area contributed by atoms with Crippen LogP contribution in [-0.2, 0) is 0 Å². The van der Waals surface area contributed by atoms with Gasteiger partial charge >= 0.3 is 0 Å². The first-order valence-corrected chi connectivity index (χ1v) is 6.94. The fourth-order valence-corrected chi connectivity index (χ4v) is 2.64. The molecule has 21 heavy (non-hydrogen) atoms. The topological polar surface area (TPSA) is 59.4 Å². The molecule has 0 amide bonds. The largest absolute Gasteiger partial charge is 0.369 e. The number of benzene rings is 1. The average Bonchev–Trinajstić information content (AvgIpc) is 3.06. The second-order valence-corrected chi connectivity index (χ2v) is 5.38. The molecule has 0 aliphatic carbocycles. The van der Waals surface area contributed by atoms with Gasteiger partial charge in [-0.1, -0.05) is 0 Å². The first-order valence-electron chi connectivity index (χ1n) is 6.94. The van der Waals surface area contributed by atoms with Crippen molar-refractivity contribution >= 4 is 11.6 Å². The van der Waals surface area contributed by atoms with E-state index in [1.54, 1.807) is 12.1 Å². The maximum Gasteiger partial charge on any atom is 0.196 e. The third-order valence-corrected chi connectivity index (χ3v) is 3.68. The van der Waals surface area contributed by atoms with E-state index >= 15 is 0 Å². The minimum absolute atomic E-state index is 0.0136. The predicted molar refractivity (Wildman–Crippen MR) is 80.7 cm³/mol. The molecule has 6 heteroatoms. The molecule has 1 unspecified atom stereocenters. The summed E-state index contributed by atoms with van der Waals surface area (Å²) in [7, 11) is 0. The van der Waals surface area contributed by atoms with E-state index in [0.717, 1.165) is 11.4 Å². The Hall–Kier alpha value is -2.37. The van der Waals surface area contributed by atoms with E-state index in [4.69, 9.17) is 5.73 Å². The lowest BCUT2D eigenvalue weighted by molar-refractivity contribution is 0.549. The van der Waals surface area contributed by atoms with Crippen LogP contribution in [-0.4, -0.2) is 22.1 Å². The van der Waals surface area contributed by atoms with Crippen LogP contribution in [0.5, 0.6) is 0 Å². The molecule has 2 N–H and O–H groups in total. The number of aliphatic imine (C=N–C) groups is 1. The van der Waals surface area contributed by atoms with Crippen LogP contribution in [0.25, 0.3) is 0 Å². The zero-order valence-corrected chi connectivity index (χ0v) is 12.1. The number of hydrogen-bond acceptors (Lipinski definition) is 4. The number of nitrogens with zero attached hydrogens (tertiary/aromatic N) is 4. The molecule has 0 radical (unpaired) electrons. The summed E-state index contributed by atoms with van der Waals surface area (Å²) in [5.41, 5.74) is 7.91. The van der Waals surface area contributed by atoms with Gasteiger partial charge in [-0.15, -0.1) is 0 Å². The van der Waals surface area contributed by atoms with Crippen molar-refractivity contribution in [2.45, 2.75) is 25.9 Å². The normalized spacial score (nSPS) is 18.4. The molecule has 0 saturated carbocycles. The Balaban J connectivity index is 1.99. The first kappa shape index (κ1) is 13.6. The summed E-state index contributed by atoms with van der Waals surface area (Å²) in [4.78, 5) is 10.5. The van der Waals surface area contributed by atoms with E-state index in [0.29, 0.717) is 18.5 Å². The molecule has 2 aromatic rings. The molecule has 3 rings (SSSR count). The molecule has 0 spiro atoms. The van der Waals surface area contributed by atoms with E-state index in [-0.39, 0.29) is 11.9 Å². The molecule has 1 aliphatic rings. The molecule has 0 fully saturated rings. The molecule has 1 aromatic heterocycles. The second-order valence-electron chi connectivity index (χ2n) is 5.38. The Morgan fingerprint density at radius 3 is 2.67 bits per heavy atom. The van der Waals surface area contributed by atoms with Crippen LogP contribution >= 0.6 is 0 Å². The highest BCUT2D eigenvalue weighted by atomic mass is 19.1. The van der Waals surface area contributed by atoms with Gasteiger partial charge in [-0.05, 0) is 38.1 Å². The Bertz CT molecular complexity index is 659. The van der Waals surface area contributed by atoms with E-state index < -0.39 is 0 Å². The fraction of sp³-hybridized carbons (Fsp3) is 0.333. The molecule has 1 atom stereocenters. The molecular formula is C15H18FN5. The van der Waals surface area contributed by atoms with Gasteiger partial charge < -0.3 is 15.2 Å². The third kappa shape index (κ3) is 2.37. The Kier molecular flexibility index (Phi) is 3.37. The maximum absolute atomic E-state index is 13.1. The second kappa shape index (κ2) is 5.20. The van der Waals surface area contributed by atoms with Gasteiger partial charge in [0.1, 0.15) is 5.82 Å². The number of hydrogen-bond donors (Lipinski definition) is 1. The Morgan fingerprint density at radius 2 is 2.00 bits per heavy atom. The van der Waals surface area contributed by atoms with Crippen LogP contribution < -0.4 is 10.6 Å². The SMILES string of the molecule is CC(C)n1cncc1C1CN=C(N)N1c1ccc(F)cc1. The summed E-state index contributed by atoms with van der Waals surface area (Å²) >= 11 is 0. The Labute approximate surface area is 122 Å². The van der Waals surface area contributed by atoms with Crippen LogP contribution in [0.1, 0.15) is 31.6 Å². The zero-order valence-electron chi connectivity index (χ0n) is 12.1. The number of aromatic nitrogens is 2. The lowest BCUT2D eigenvalue weighted by Gasteiger charge is -2.27. The van der Waals surface area contributed by atoms with E-state index in [1.807, 2.05) is 17.4 Å². The number of anilines is 1. The van der Waals surface area contributed by atoms with Gasteiger partial charge in [0.15, 0.2) is 5.96 Å². The fourth-order valence-electron chi connectivity index (χ4n) is 2.64. The highest BCUT2D eigenvalue weighted by molar-refractivity contribution is 5.97. The molecule has 0 saturated heterocycles. The molecular weight excluding hydrogens is 269 g/mol. The number of halogens is 1. The molecule has 1 aromatic carbocycles. The van der Waals surface area contributed by atoms with Gasteiger partial charge in [-0.3, -0.25) is 4.99 Å². The van der Waals surface area contributed by atoms with Crippen LogP contribution in [0.3, 0.4) is 0 Å². The summed E-state index contributed by atoms with van der Waals surface area (Å²) in [5.74, 6) is 0.181. The smallest absolute Gasteiger partial charge is 0.196 e. The van der Waals surface area contributed by atoms with Crippen molar-refractivity contribution in [1.29, 1.82) is 0 Å². The van der Waals surface area contributed by atoms with Gasteiger partial charge in [-0.25, -0.2) is 9.37 Å². The van der Waals surface area contributed by atoms with E-state index in [2.05, 4.69) is 28.4 Å². The molecule has 5 nitrogen and oxygen atoms in total. The van der Waals surface area contributed by atoms with Crippen molar-refractivity contribution in [2.24, 2.45) is 10.7 Å². The van der Waals surface area contributed by atoms with Crippen molar-refractivity contribution in [1.82, 2.24) is 9.55 Å². The highest BCUT2D eigenvalue weighted by Crippen LogP contribution is 2.32. The maximum atomic E-state index is 13.1. The summed E-state index contributed by atoms with van der Waals surface area (Å²) in [5, 5.41) is 0. The average molecular weight is 287 g/mol. The molecule has 2 heterocycles. The van der Waals surface area contributed by atoms with Crippen LogP contribution in [0.2, 0.25) is 0 Å². The zero-order chi connectivity index (χ0) is 15.0. The lowest BCUT2D eigenvalue weighted by atomic mass is 10.1. The van der Waals surface area contributed by atoms with Gasteiger partial charge in [0, 0.05) is 11.7 Å². The summed E-state index contributed by atoms with van der Waals surface area (Å²) in [6, 6.07) is 6.58. The van der Waals surface area contributed by atoms with Gasteiger partial charge in [0.05, 0.1) is 30.8 Å². The molecule has 1 aliphatic heterocycles. The van der Waals surface area contributed by atoms with Crippen molar-refractivity contribution in [3.05, 3.63) is 48.3 Å². The number of rotatable bonds is 3. The van der Waals surface area contributed by atoms with Crippen LogP contribution in [0.4, 0.5) is 10.1 Å². The van der Waals surface area contributed by atoms with Crippen molar-refractivity contribution in [3.63, 3.8) is 0 Å². The summed E-state index contributed by atoms with van der Waals surface area (Å²) in [6.45, 7) is 4.78. The third-order valence-electron chi connectivity index (χ3n) is 3.68. The standard InChI is InChI=1S/C15H18FN5/c1-10(2)20-9-18-7-13(20)14-8-19-15(17)21(14)12-5-3-11(16)4-6-12/h3-7,9-10,14H,8H2,1-2H3,(H2,17,19). The van der Waals surface area contributed by atoms with E-state index in [1.165, 1.54) is 12.1 Å². The quantitative estimate of drug-likeness (QED) is 0.943. The number of guanidine groups is 1. The number of imidazole rings is 1. The number of nitrogens with two attached hydrogens (primary N) is 1. The van der Waals surface area contributed by atoms with Crippen molar-refractivity contribution in [3.8, 4) is 0 Å². The van der Waals surface area contributed by atoms with Gasteiger partial charge in [-0.2, -0.15) is 0 Å². The Morgan fingerprint density at radius 1 is 1.29 bits per heavy atom. The minimum atomic E-state index is -0.266. The summed E-state index contributed by atoms with van der Waals surface area (Å²) < 4.78 is 15.2. The monoisotopic (exact) mass is 287 g/mol. The first-order chi connectivity index (χ1) is 10.1. The molecule has 0 bridgehead atoms. The minimum Gasteiger partial charge on any atom is -0.369 e. The highest BCUT2D eigenvalue weighted by Gasteiger charge is 2.31. The van der Waals surface area contributed by atoms with Crippen LogP contribution in [0, 0.1) is 5.82 Å². The van der Waals surface area contributed by atoms with Crippen molar-refractivity contribution < 1.29 is 4.39 Å². The predicted octanol–water partition coefficient (Wildman–Crippen LogP) is 2.48. The lowest BCUT2D eigenvalue weighted by Crippen LogP contribution is -2.37. The van der Waals surface area contributed by atoms with Gasteiger partial charge in [0.25, 0.3) is 0 Å². The van der Waals surface area contributed by atoms with Crippen molar-refractivity contribution in [2.75, 3.05) is 11.4 Å². The molecule has 110 valence electrons. The summed E-state index contributed by atoms with van der Waals surface area (Å²) in [6.07, 6.45) is 3.66. The van der Waals surface area contributed by atoms with Gasteiger partial charge in [0.2, 0.25) is 0 Å². The van der Waals surface area contributed by atoms with Crippen LogP contribution in [0.15, 0.2) is 41.8 Å². The van der Waals surface area contributed by atoms with E-state index in [9.17, 15) is 4.39 Å².